The van der Waals surface area contributed by atoms with E-state index < -0.39 is 25.7 Å². The number of carbonyl (C=O) groups excluding carboxylic acids is 2. The maximum atomic E-state index is 16.1. The van der Waals surface area contributed by atoms with Crippen LogP contribution in [-0.4, -0.2) is 66.1 Å². The number of aryl methyl sites for hydroxylation is 1. The van der Waals surface area contributed by atoms with Gasteiger partial charge in [0.15, 0.2) is 5.60 Å². The van der Waals surface area contributed by atoms with E-state index in [0.29, 0.717) is 43.9 Å². The lowest BCUT2D eigenvalue weighted by Gasteiger charge is -2.31. The second-order valence-corrected chi connectivity index (χ2v) is 16.9. The van der Waals surface area contributed by atoms with Gasteiger partial charge in [0.2, 0.25) is 14.3 Å². The monoisotopic (exact) mass is 634 g/mol. The highest BCUT2D eigenvalue weighted by Gasteiger charge is 2.66. The molecular formula is C33H43FN6O4Si. The molecule has 3 aromatic rings. The van der Waals surface area contributed by atoms with E-state index in [2.05, 4.69) is 20.9 Å². The van der Waals surface area contributed by atoms with Crippen LogP contribution in [0.3, 0.4) is 0 Å². The summed E-state index contributed by atoms with van der Waals surface area (Å²) in [6, 6.07) is 15.3. The Labute approximate surface area is 264 Å². The number of aromatic nitrogens is 3. The Morgan fingerprint density at radius 2 is 2.07 bits per heavy atom. The molecule has 0 saturated carbocycles. The van der Waals surface area contributed by atoms with E-state index >= 15 is 4.11 Å². The summed E-state index contributed by atoms with van der Waals surface area (Å²) in [5, 5.41) is 23.8. The van der Waals surface area contributed by atoms with Crippen molar-refractivity contribution in [1.29, 1.82) is 0 Å². The van der Waals surface area contributed by atoms with Crippen LogP contribution >= 0.6 is 0 Å². The largest absolute Gasteiger partial charge is 0.396 e. The zero-order valence-electron chi connectivity index (χ0n) is 26.2. The van der Waals surface area contributed by atoms with Crippen molar-refractivity contribution in [2.75, 3.05) is 29.9 Å². The van der Waals surface area contributed by atoms with Crippen LogP contribution in [0.2, 0.25) is 18.6 Å². The van der Waals surface area contributed by atoms with E-state index in [0.717, 1.165) is 36.2 Å². The molecule has 0 radical (unpaired) electrons. The number of fused-ring (bicyclic) bond motifs is 2. The zero-order valence-corrected chi connectivity index (χ0v) is 27.2. The summed E-state index contributed by atoms with van der Waals surface area (Å²) < 4.78 is 24.6. The van der Waals surface area contributed by atoms with E-state index in [1.807, 2.05) is 55.5 Å². The third kappa shape index (κ3) is 6.08. The van der Waals surface area contributed by atoms with Crippen LogP contribution in [-0.2, 0) is 39.4 Å². The molecule has 1 unspecified atom stereocenters. The molecule has 45 heavy (non-hydrogen) atoms. The molecule has 3 aliphatic heterocycles. The van der Waals surface area contributed by atoms with E-state index in [9.17, 15) is 14.7 Å². The average Bonchev–Trinajstić information content (AvgIpc) is 3.67. The Kier molecular flexibility index (Phi) is 8.93. The summed E-state index contributed by atoms with van der Waals surface area (Å²) in [6.45, 7) is 7.72. The number of carbonyl (C=O) groups is 2. The fraction of sp³-hybridized carbons (Fsp3) is 0.515. The van der Waals surface area contributed by atoms with Gasteiger partial charge in [-0.3, -0.25) is 14.3 Å². The molecule has 12 heteroatoms. The number of rotatable bonds is 10. The van der Waals surface area contributed by atoms with Crippen molar-refractivity contribution in [2.45, 2.75) is 76.0 Å². The van der Waals surface area contributed by atoms with E-state index in [-0.39, 0.29) is 30.3 Å². The third-order valence-corrected chi connectivity index (χ3v) is 12.1. The van der Waals surface area contributed by atoms with Crippen LogP contribution in [0.4, 0.5) is 15.5 Å². The minimum absolute atomic E-state index is 0.000297. The Balaban J connectivity index is 1.25. The summed E-state index contributed by atoms with van der Waals surface area (Å²) in [4.78, 5) is 29.2. The standard InChI is InChI=1S/C33H43FN6O4Si/c1-22-30(45(2,3)34)29(13-16-39-21-26(14-17-41)37-38-39)44-33(22)27-11-4-5-12-28(27)40(32(33)43)20-23-8-6-10-25(18-23)36-31(42)24-9-7-15-35-19-24/h4-6,8,10-12,18,21-22,24,29-30,35,41H,7,9,13-17,19-20H2,1-3H3,(H,36,42)/t22-,24?,29+,30-,33+/m1/s1. The van der Waals surface area contributed by atoms with E-state index in [1.165, 1.54) is 0 Å². The average molecular weight is 635 g/mol. The molecular weight excluding hydrogens is 591 g/mol. The van der Waals surface area contributed by atoms with E-state index in [1.54, 1.807) is 28.9 Å². The molecule has 1 aromatic heterocycles. The fourth-order valence-electron chi connectivity index (χ4n) is 7.61. The molecule has 0 aliphatic carbocycles. The molecule has 240 valence electrons. The normalized spacial score (nSPS) is 26.4. The Bertz CT molecular complexity index is 1540. The Hall–Kier alpha value is -3.45. The number of para-hydroxylation sites is 1. The minimum atomic E-state index is -3.29. The van der Waals surface area contributed by atoms with Gasteiger partial charge in [0.05, 0.1) is 29.9 Å². The van der Waals surface area contributed by atoms with Crippen molar-refractivity contribution in [2.24, 2.45) is 11.8 Å². The van der Waals surface area contributed by atoms with Gasteiger partial charge in [0.1, 0.15) is 0 Å². The minimum Gasteiger partial charge on any atom is -0.396 e. The molecule has 6 rings (SSSR count). The molecule has 2 amide bonds. The number of nitrogens with one attached hydrogen (secondary N) is 2. The number of hydrogen-bond acceptors (Lipinski definition) is 7. The predicted molar refractivity (Wildman–Crippen MR) is 172 cm³/mol. The number of aliphatic hydroxyl groups excluding tert-OH is 1. The van der Waals surface area contributed by atoms with Gasteiger partial charge in [-0.2, -0.15) is 0 Å². The smallest absolute Gasteiger partial charge is 0.264 e. The molecule has 0 bridgehead atoms. The van der Waals surface area contributed by atoms with Crippen LogP contribution < -0.4 is 15.5 Å². The van der Waals surface area contributed by atoms with Crippen LogP contribution in [0, 0.1) is 11.8 Å². The number of nitrogens with zero attached hydrogens (tertiary/aromatic N) is 4. The molecule has 10 nitrogen and oxygen atoms in total. The number of benzene rings is 2. The number of anilines is 2. The molecule has 3 N–H and O–H groups in total. The van der Waals surface area contributed by atoms with Crippen molar-refractivity contribution in [3.8, 4) is 0 Å². The van der Waals surface area contributed by atoms with Gasteiger partial charge < -0.3 is 29.5 Å². The highest BCUT2D eigenvalue weighted by molar-refractivity contribution is 6.72. The van der Waals surface area contributed by atoms with Crippen molar-refractivity contribution in [1.82, 2.24) is 20.3 Å². The van der Waals surface area contributed by atoms with Gasteiger partial charge in [-0.05, 0) is 62.7 Å². The number of halogens is 1. The second-order valence-electron chi connectivity index (χ2n) is 13.1. The second kappa shape index (κ2) is 12.7. The van der Waals surface area contributed by atoms with Gasteiger partial charge in [-0.1, -0.05) is 42.5 Å². The fourth-order valence-corrected chi connectivity index (χ4v) is 10.2. The number of hydrogen-bond donors (Lipinski definition) is 3. The highest BCUT2D eigenvalue weighted by atomic mass is 28.4. The summed E-state index contributed by atoms with van der Waals surface area (Å²) >= 11 is 0. The Morgan fingerprint density at radius 1 is 1.24 bits per heavy atom. The van der Waals surface area contributed by atoms with Gasteiger partial charge in [0, 0.05) is 55.0 Å². The van der Waals surface area contributed by atoms with Crippen LogP contribution in [0.1, 0.15) is 43.0 Å². The van der Waals surface area contributed by atoms with Crippen molar-refractivity contribution in [3.05, 3.63) is 71.5 Å². The van der Waals surface area contributed by atoms with Crippen molar-refractivity contribution >= 4 is 31.6 Å². The van der Waals surface area contributed by atoms with Crippen LogP contribution in [0.5, 0.6) is 0 Å². The van der Waals surface area contributed by atoms with Gasteiger partial charge >= 0.3 is 0 Å². The van der Waals surface area contributed by atoms with Gasteiger partial charge in [0.25, 0.3) is 5.91 Å². The van der Waals surface area contributed by atoms with Crippen molar-refractivity contribution < 1.29 is 23.5 Å². The molecule has 3 aliphatic rings. The summed E-state index contributed by atoms with van der Waals surface area (Å²) in [7, 11) is -3.29. The maximum Gasteiger partial charge on any atom is 0.264 e. The lowest BCUT2D eigenvalue weighted by molar-refractivity contribution is -0.146. The van der Waals surface area contributed by atoms with Crippen LogP contribution in [0.15, 0.2) is 54.7 Å². The molecule has 2 saturated heterocycles. The summed E-state index contributed by atoms with van der Waals surface area (Å²) in [5.74, 6) is -0.634. The number of amides is 2. The lowest BCUT2D eigenvalue weighted by atomic mass is 9.82. The number of aliphatic hydroxyl groups is 1. The van der Waals surface area contributed by atoms with Crippen LogP contribution in [0.25, 0.3) is 0 Å². The Morgan fingerprint density at radius 3 is 2.82 bits per heavy atom. The summed E-state index contributed by atoms with van der Waals surface area (Å²) in [5.41, 5.74) is 2.09. The highest BCUT2D eigenvalue weighted by Crippen LogP contribution is 2.60. The van der Waals surface area contributed by atoms with E-state index in [4.69, 9.17) is 4.74 Å². The van der Waals surface area contributed by atoms with Gasteiger partial charge in [-0.15, -0.1) is 5.10 Å². The first-order valence-corrected chi connectivity index (χ1v) is 19.0. The molecule has 1 spiro atoms. The maximum absolute atomic E-state index is 16.1. The topological polar surface area (TPSA) is 122 Å². The lowest BCUT2D eigenvalue weighted by Crippen LogP contribution is -2.45. The summed E-state index contributed by atoms with van der Waals surface area (Å²) in [6.07, 6.45) is 4.04. The van der Waals surface area contributed by atoms with Gasteiger partial charge in [-0.25, -0.2) is 0 Å². The SMILES string of the molecule is C[C@@H]1[C@@H]([Si](C)(C)F)[C@H](CCn2cc(CCO)nn2)O[C@@]12C(=O)N(Cc1cccc(NC(=O)C3CCCNC3)c1)c1ccccc12. The number of piperidine rings is 1. The first-order chi connectivity index (χ1) is 21.6. The molecule has 2 fully saturated rings. The predicted octanol–water partition coefficient (Wildman–Crippen LogP) is 4.16. The molecule has 5 atom stereocenters. The molecule has 4 heterocycles. The zero-order chi connectivity index (χ0) is 31.8. The first kappa shape index (κ1) is 31.5. The first-order valence-electron chi connectivity index (χ1n) is 16.0. The number of ether oxygens (including phenoxy) is 1. The van der Waals surface area contributed by atoms with Crippen molar-refractivity contribution in [3.63, 3.8) is 0 Å². The third-order valence-electron chi connectivity index (χ3n) is 9.67. The molecule has 2 aromatic carbocycles. The quantitative estimate of drug-likeness (QED) is 0.226.